The highest BCUT2D eigenvalue weighted by Crippen LogP contribution is 2.43. The lowest BCUT2D eigenvalue weighted by Gasteiger charge is -2.52. The third-order valence-electron chi connectivity index (χ3n) is 6.39. The summed E-state index contributed by atoms with van der Waals surface area (Å²) < 4.78 is 0. The van der Waals surface area contributed by atoms with Crippen LogP contribution in [0.15, 0.2) is 24.3 Å². The molecule has 1 aliphatic heterocycles. The van der Waals surface area contributed by atoms with Gasteiger partial charge in [-0.2, -0.15) is 0 Å². The summed E-state index contributed by atoms with van der Waals surface area (Å²) in [5.74, 6) is 0.944. The van der Waals surface area contributed by atoms with E-state index in [4.69, 9.17) is 5.73 Å². The molecule has 0 bridgehead atoms. The molecule has 0 radical (unpaired) electrons. The molecule has 3 aliphatic rings. The number of nitrogens with two attached hydrogens (primary N) is 1. The van der Waals surface area contributed by atoms with Gasteiger partial charge in [-0.3, -0.25) is 4.90 Å². The number of likely N-dealkylation sites (tertiary alicyclic amines) is 1. The van der Waals surface area contributed by atoms with E-state index in [1.165, 1.54) is 57.9 Å². The number of rotatable bonds is 2. The third-order valence-corrected chi connectivity index (χ3v) is 6.39. The van der Waals surface area contributed by atoms with Crippen LogP contribution in [0.4, 0.5) is 0 Å². The molecule has 2 heteroatoms. The van der Waals surface area contributed by atoms with Gasteiger partial charge in [-0.05, 0) is 62.1 Å². The second kappa shape index (κ2) is 5.40. The second-order valence-electron chi connectivity index (χ2n) is 7.50. The SMILES string of the molecule is NCC1(N2CCC[C@H]3CCCC[C@H]32)Cc2ccccc2C1. The molecular formula is C19H28N2. The first-order valence-corrected chi connectivity index (χ1v) is 8.86. The molecule has 0 aromatic heterocycles. The third kappa shape index (κ3) is 2.24. The lowest BCUT2D eigenvalue weighted by molar-refractivity contribution is -0.0213. The molecule has 0 spiro atoms. The zero-order valence-electron chi connectivity index (χ0n) is 13.1. The Morgan fingerprint density at radius 2 is 1.67 bits per heavy atom. The van der Waals surface area contributed by atoms with Crippen molar-refractivity contribution in [1.82, 2.24) is 4.90 Å². The van der Waals surface area contributed by atoms with E-state index in [2.05, 4.69) is 29.2 Å². The predicted octanol–water partition coefficient (Wildman–Crippen LogP) is 3.14. The van der Waals surface area contributed by atoms with Crippen molar-refractivity contribution in [2.45, 2.75) is 62.9 Å². The van der Waals surface area contributed by atoms with Crippen molar-refractivity contribution >= 4 is 0 Å². The maximum Gasteiger partial charge on any atom is 0.0415 e. The van der Waals surface area contributed by atoms with E-state index in [1.807, 2.05) is 0 Å². The first-order chi connectivity index (χ1) is 10.3. The van der Waals surface area contributed by atoms with Crippen LogP contribution in [0.2, 0.25) is 0 Å². The Balaban J connectivity index is 1.64. The summed E-state index contributed by atoms with van der Waals surface area (Å²) >= 11 is 0. The number of nitrogens with zero attached hydrogens (tertiary/aromatic N) is 1. The van der Waals surface area contributed by atoms with Crippen molar-refractivity contribution in [1.29, 1.82) is 0 Å². The van der Waals surface area contributed by atoms with Gasteiger partial charge in [0.05, 0.1) is 0 Å². The van der Waals surface area contributed by atoms with Crippen molar-refractivity contribution in [2.24, 2.45) is 11.7 Å². The van der Waals surface area contributed by atoms with Gasteiger partial charge in [0, 0.05) is 18.1 Å². The number of benzene rings is 1. The van der Waals surface area contributed by atoms with E-state index < -0.39 is 0 Å². The Labute approximate surface area is 128 Å². The summed E-state index contributed by atoms with van der Waals surface area (Å²) in [5, 5.41) is 0. The minimum absolute atomic E-state index is 0.213. The highest BCUT2D eigenvalue weighted by atomic mass is 15.2. The molecule has 1 saturated carbocycles. The molecule has 21 heavy (non-hydrogen) atoms. The fourth-order valence-corrected chi connectivity index (χ4v) is 5.35. The Morgan fingerprint density at radius 1 is 1.00 bits per heavy atom. The number of fused-ring (bicyclic) bond motifs is 2. The van der Waals surface area contributed by atoms with Crippen molar-refractivity contribution in [3.8, 4) is 0 Å². The number of hydrogen-bond acceptors (Lipinski definition) is 2. The number of hydrogen-bond donors (Lipinski definition) is 1. The fraction of sp³-hybridized carbons (Fsp3) is 0.684. The van der Waals surface area contributed by atoms with Gasteiger partial charge < -0.3 is 5.73 Å². The van der Waals surface area contributed by atoms with Crippen LogP contribution in [0.5, 0.6) is 0 Å². The summed E-state index contributed by atoms with van der Waals surface area (Å²) in [5.41, 5.74) is 9.66. The molecule has 1 aromatic rings. The zero-order chi connectivity index (χ0) is 14.3. The van der Waals surface area contributed by atoms with Crippen LogP contribution in [0.3, 0.4) is 0 Å². The molecule has 1 heterocycles. The smallest absolute Gasteiger partial charge is 0.0415 e. The van der Waals surface area contributed by atoms with Crippen LogP contribution in [-0.4, -0.2) is 29.6 Å². The zero-order valence-corrected chi connectivity index (χ0v) is 13.1. The van der Waals surface area contributed by atoms with Crippen LogP contribution >= 0.6 is 0 Å². The van der Waals surface area contributed by atoms with Crippen LogP contribution in [-0.2, 0) is 12.8 Å². The second-order valence-corrected chi connectivity index (χ2v) is 7.50. The van der Waals surface area contributed by atoms with Gasteiger partial charge in [-0.15, -0.1) is 0 Å². The van der Waals surface area contributed by atoms with E-state index >= 15 is 0 Å². The monoisotopic (exact) mass is 284 g/mol. The van der Waals surface area contributed by atoms with Crippen molar-refractivity contribution in [3.05, 3.63) is 35.4 Å². The van der Waals surface area contributed by atoms with E-state index in [1.54, 1.807) is 11.1 Å². The number of piperidine rings is 1. The molecule has 114 valence electrons. The minimum atomic E-state index is 0.213. The average Bonchev–Trinajstić information content (AvgIpc) is 2.94. The highest BCUT2D eigenvalue weighted by Gasteiger charge is 2.47. The summed E-state index contributed by atoms with van der Waals surface area (Å²) in [7, 11) is 0. The molecule has 2 nitrogen and oxygen atoms in total. The lowest BCUT2D eigenvalue weighted by atomic mass is 9.75. The Morgan fingerprint density at radius 3 is 2.38 bits per heavy atom. The molecule has 1 aromatic carbocycles. The topological polar surface area (TPSA) is 29.3 Å². The molecule has 1 saturated heterocycles. The Bertz CT molecular complexity index is 483. The molecule has 2 fully saturated rings. The fourth-order valence-electron chi connectivity index (χ4n) is 5.35. The van der Waals surface area contributed by atoms with Crippen LogP contribution in [0, 0.1) is 5.92 Å². The van der Waals surface area contributed by atoms with Gasteiger partial charge in [0.15, 0.2) is 0 Å². The first-order valence-electron chi connectivity index (χ1n) is 8.86. The molecule has 2 N–H and O–H groups in total. The van der Waals surface area contributed by atoms with Gasteiger partial charge in [0.2, 0.25) is 0 Å². The summed E-state index contributed by atoms with van der Waals surface area (Å²) in [6, 6.07) is 9.81. The van der Waals surface area contributed by atoms with Gasteiger partial charge in [0.1, 0.15) is 0 Å². The first kappa shape index (κ1) is 13.8. The standard InChI is InChI=1S/C19H28N2/c20-14-19(12-16-7-1-2-8-17(16)13-19)21-11-5-9-15-6-3-4-10-18(15)21/h1-2,7-8,15,18H,3-6,9-14,20H2/t15-,18-/m1/s1. The summed E-state index contributed by atoms with van der Waals surface area (Å²) in [4.78, 5) is 2.86. The maximum absolute atomic E-state index is 6.36. The summed E-state index contributed by atoms with van der Waals surface area (Å²) in [6.45, 7) is 2.08. The van der Waals surface area contributed by atoms with E-state index in [-0.39, 0.29) is 5.54 Å². The highest BCUT2D eigenvalue weighted by molar-refractivity contribution is 5.37. The predicted molar refractivity (Wildman–Crippen MR) is 87.3 cm³/mol. The molecular weight excluding hydrogens is 256 g/mol. The molecule has 4 rings (SSSR count). The lowest BCUT2D eigenvalue weighted by Crippen LogP contribution is -2.62. The Hall–Kier alpha value is -0.860. The van der Waals surface area contributed by atoms with Crippen LogP contribution in [0.25, 0.3) is 0 Å². The molecule has 0 amide bonds. The molecule has 2 aliphatic carbocycles. The summed E-state index contributed by atoms with van der Waals surface area (Å²) in [6.07, 6.45) is 10.9. The van der Waals surface area contributed by atoms with Gasteiger partial charge in [0.25, 0.3) is 0 Å². The molecule has 0 unspecified atom stereocenters. The minimum Gasteiger partial charge on any atom is -0.329 e. The quantitative estimate of drug-likeness (QED) is 0.904. The van der Waals surface area contributed by atoms with Crippen LogP contribution < -0.4 is 5.73 Å². The van der Waals surface area contributed by atoms with E-state index in [0.29, 0.717) is 0 Å². The van der Waals surface area contributed by atoms with Crippen molar-refractivity contribution in [3.63, 3.8) is 0 Å². The maximum atomic E-state index is 6.36. The van der Waals surface area contributed by atoms with E-state index in [9.17, 15) is 0 Å². The normalized spacial score (nSPS) is 31.7. The molecule has 2 atom stereocenters. The van der Waals surface area contributed by atoms with Gasteiger partial charge >= 0.3 is 0 Å². The van der Waals surface area contributed by atoms with Crippen molar-refractivity contribution in [2.75, 3.05) is 13.1 Å². The van der Waals surface area contributed by atoms with E-state index in [0.717, 1.165) is 18.5 Å². The Kier molecular flexibility index (Phi) is 3.55. The van der Waals surface area contributed by atoms with Crippen LogP contribution in [0.1, 0.15) is 49.7 Å². The largest absolute Gasteiger partial charge is 0.329 e. The van der Waals surface area contributed by atoms with Crippen molar-refractivity contribution < 1.29 is 0 Å². The van der Waals surface area contributed by atoms with Gasteiger partial charge in [-0.25, -0.2) is 0 Å². The average molecular weight is 284 g/mol. The van der Waals surface area contributed by atoms with Gasteiger partial charge in [-0.1, -0.05) is 37.1 Å².